The van der Waals surface area contributed by atoms with Crippen LogP contribution in [0.5, 0.6) is 11.5 Å². The number of unbranched alkanes of at least 4 members (excludes halogenated alkanes) is 6. The second-order valence-corrected chi connectivity index (χ2v) is 11.3. The molecule has 0 aromatic heterocycles. The maximum Gasteiger partial charge on any atom is 0.311 e. The zero-order valence-electron chi connectivity index (χ0n) is 24.8. The number of hydrogen-bond acceptors (Lipinski definition) is 6. The van der Waals surface area contributed by atoms with E-state index < -0.39 is 29.4 Å². The molecule has 3 aromatic rings. The van der Waals surface area contributed by atoms with Gasteiger partial charge in [-0.05, 0) is 60.9 Å². The monoisotopic (exact) mass is 612 g/mol. The lowest BCUT2D eigenvalue weighted by Crippen LogP contribution is -2.35. The number of rotatable bonds is 13. The molecular formula is C37H34F2O6. The van der Waals surface area contributed by atoms with Gasteiger partial charge in [-0.2, -0.15) is 0 Å². The third-order valence-corrected chi connectivity index (χ3v) is 8.08. The second-order valence-electron chi connectivity index (χ2n) is 11.3. The highest BCUT2D eigenvalue weighted by atomic mass is 19.1. The van der Waals surface area contributed by atoms with Crippen molar-refractivity contribution >= 4 is 23.5 Å². The Morgan fingerprint density at radius 1 is 0.578 bits per heavy atom. The Labute approximate surface area is 260 Å². The summed E-state index contributed by atoms with van der Waals surface area (Å²) in [6, 6.07) is 14.3. The van der Waals surface area contributed by atoms with Gasteiger partial charge in [0.1, 0.15) is 23.1 Å². The van der Waals surface area contributed by atoms with Gasteiger partial charge in [0.25, 0.3) is 0 Å². The van der Waals surface area contributed by atoms with E-state index >= 15 is 0 Å². The van der Waals surface area contributed by atoms with Crippen molar-refractivity contribution in [2.75, 3.05) is 0 Å². The van der Waals surface area contributed by atoms with Crippen LogP contribution < -0.4 is 9.47 Å². The third kappa shape index (κ3) is 8.06. The highest BCUT2D eigenvalue weighted by molar-refractivity contribution is 6.17. The molecule has 5 rings (SSSR count). The Bertz CT molecular complexity index is 1640. The van der Waals surface area contributed by atoms with E-state index in [1.807, 2.05) is 0 Å². The first kappa shape index (κ1) is 31.7. The van der Waals surface area contributed by atoms with E-state index in [0.29, 0.717) is 35.1 Å². The minimum Gasteiger partial charge on any atom is -0.427 e. The largest absolute Gasteiger partial charge is 0.427 e. The van der Waals surface area contributed by atoms with Gasteiger partial charge >= 0.3 is 11.9 Å². The first-order valence-corrected chi connectivity index (χ1v) is 15.3. The molecule has 0 saturated heterocycles. The number of halogens is 2. The topological polar surface area (TPSA) is 86.7 Å². The molecule has 0 bridgehead atoms. The molecular weight excluding hydrogens is 578 g/mol. The Hall–Kier alpha value is -4.72. The number of benzene rings is 3. The van der Waals surface area contributed by atoms with Crippen molar-refractivity contribution in [3.63, 3.8) is 0 Å². The zero-order valence-corrected chi connectivity index (χ0v) is 24.8. The van der Waals surface area contributed by atoms with Crippen LogP contribution in [0.25, 0.3) is 11.1 Å². The van der Waals surface area contributed by atoms with Gasteiger partial charge in [-0.15, -0.1) is 0 Å². The molecule has 0 spiro atoms. The Kier molecular flexibility index (Phi) is 10.5. The van der Waals surface area contributed by atoms with E-state index in [1.165, 1.54) is 42.5 Å². The Morgan fingerprint density at radius 3 is 1.62 bits per heavy atom. The van der Waals surface area contributed by atoms with Crippen molar-refractivity contribution in [3.8, 4) is 22.6 Å². The lowest BCUT2D eigenvalue weighted by Gasteiger charge is -2.28. The highest BCUT2D eigenvalue weighted by Gasteiger charge is 2.39. The summed E-state index contributed by atoms with van der Waals surface area (Å²) < 4.78 is 38.3. The highest BCUT2D eigenvalue weighted by Crippen LogP contribution is 2.35. The van der Waals surface area contributed by atoms with Crippen LogP contribution in [-0.2, 0) is 9.59 Å². The molecule has 0 amide bonds. The van der Waals surface area contributed by atoms with Crippen LogP contribution in [0, 0.1) is 23.5 Å². The van der Waals surface area contributed by atoms with Crippen LogP contribution in [0.1, 0.15) is 78.5 Å². The van der Waals surface area contributed by atoms with Crippen LogP contribution in [0.3, 0.4) is 0 Å². The molecule has 2 aliphatic rings. The molecule has 6 nitrogen and oxygen atoms in total. The van der Waals surface area contributed by atoms with Gasteiger partial charge in [-0.25, -0.2) is 8.78 Å². The first-order valence-electron chi connectivity index (χ1n) is 15.3. The Morgan fingerprint density at radius 2 is 1.07 bits per heavy atom. The van der Waals surface area contributed by atoms with Gasteiger partial charge in [0.05, 0.1) is 11.8 Å². The van der Waals surface area contributed by atoms with Gasteiger partial charge in [0.2, 0.25) is 0 Å². The minimum absolute atomic E-state index is 0.101. The fraction of sp³-hybridized carbons (Fsp3) is 0.297. The lowest BCUT2D eigenvalue weighted by atomic mass is 9.72. The fourth-order valence-electron chi connectivity index (χ4n) is 5.68. The lowest BCUT2D eigenvalue weighted by molar-refractivity contribution is -0.135. The predicted octanol–water partition coefficient (Wildman–Crippen LogP) is 8.39. The van der Waals surface area contributed by atoms with Crippen molar-refractivity contribution in [1.29, 1.82) is 0 Å². The quantitative estimate of drug-likeness (QED) is 0.109. The van der Waals surface area contributed by atoms with Gasteiger partial charge in [-0.1, -0.05) is 68.5 Å². The first-order chi connectivity index (χ1) is 21.8. The van der Waals surface area contributed by atoms with Gasteiger partial charge in [-0.3, -0.25) is 19.2 Å². The van der Waals surface area contributed by atoms with E-state index in [-0.39, 0.29) is 41.9 Å². The van der Waals surface area contributed by atoms with E-state index in [1.54, 1.807) is 36.4 Å². The minimum atomic E-state index is -0.555. The van der Waals surface area contributed by atoms with E-state index in [0.717, 1.165) is 38.2 Å². The molecule has 8 heteroatoms. The van der Waals surface area contributed by atoms with Crippen molar-refractivity contribution < 1.29 is 37.4 Å². The van der Waals surface area contributed by atoms with Crippen LogP contribution in [0.15, 0.2) is 85.0 Å². The van der Waals surface area contributed by atoms with Crippen LogP contribution in [0.2, 0.25) is 0 Å². The van der Waals surface area contributed by atoms with E-state index in [9.17, 15) is 28.0 Å². The summed E-state index contributed by atoms with van der Waals surface area (Å²) in [5.41, 5.74) is 1.49. The molecule has 0 saturated carbocycles. The number of hydrogen-bond donors (Lipinski definition) is 0. The summed E-state index contributed by atoms with van der Waals surface area (Å²) in [7, 11) is 0. The molecule has 0 heterocycles. The molecule has 0 N–H and O–H groups in total. The normalized spacial score (nSPS) is 16.7. The number of fused-ring (bicyclic) bond motifs is 2. The molecule has 3 aromatic carbocycles. The van der Waals surface area contributed by atoms with Crippen molar-refractivity contribution in [1.82, 2.24) is 0 Å². The summed E-state index contributed by atoms with van der Waals surface area (Å²) in [6.07, 6.45) is 13.4. The number of Topliss-reactive ketones (excluding diaryl/α,β-unsaturated/α-hetero) is 2. The predicted molar refractivity (Wildman–Crippen MR) is 165 cm³/mol. The average molecular weight is 613 g/mol. The molecule has 2 atom stereocenters. The zero-order chi connectivity index (χ0) is 31.8. The third-order valence-electron chi connectivity index (χ3n) is 8.08. The standard InChI is InChI=1S/C37H34F2O6/c38-25-16-14-24(15-17-25)28-20-18-27(23-33(28)39)45-35(41)13-7-5-3-1-2-4-6-12-34(40)44-26-19-21-31-32(22-26)37(43)30-11-9-8-10-29(30)36(31)42/h8-11,14-23,29-30H,1-7,12-13H2. The molecule has 232 valence electrons. The maximum atomic E-state index is 14.5. The molecule has 45 heavy (non-hydrogen) atoms. The van der Waals surface area contributed by atoms with Gasteiger partial charge < -0.3 is 9.47 Å². The molecule has 0 radical (unpaired) electrons. The smallest absolute Gasteiger partial charge is 0.311 e. The van der Waals surface area contributed by atoms with Crippen molar-refractivity contribution in [3.05, 3.63) is 108 Å². The molecule has 0 aliphatic heterocycles. The summed E-state index contributed by atoms with van der Waals surface area (Å²) in [5.74, 6) is -2.61. The summed E-state index contributed by atoms with van der Waals surface area (Å²) in [4.78, 5) is 50.3. The van der Waals surface area contributed by atoms with Crippen molar-refractivity contribution in [2.24, 2.45) is 11.8 Å². The summed E-state index contributed by atoms with van der Waals surface area (Å²) in [6.45, 7) is 0. The Balaban J connectivity index is 0.937. The fourth-order valence-corrected chi connectivity index (χ4v) is 5.68. The number of allylic oxidation sites excluding steroid dienone is 4. The number of ether oxygens (including phenoxy) is 2. The number of carbonyl (C=O) groups is 4. The SMILES string of the molecule is O=C(CCCCCCCCCC(=O)Oc1ccc2c(c1)C(=O)C1C=CC=CC1C2=O)Oc1ccc(-c2ccc(F)cc2)c(F)c1. The second kappa shape index (κ2) is 14.8. The summed E-state index contributed by atoms with van der Waals surface area (Å²) >= 11 is 0. The van der Waals surface area contributed by atoms with Crippen molar-refractivity contribution in [2.45, 2.75) is 57.8 Å². The molecule has 2 aliphatic carbocycles. The van der Waals surface area contributed by atoms with E-state index in [4.69, 9.17) is 9.47 Å². The van der Waals surface area contributed by atoms with Crippen LogP contribution in [0.4, 0.5) is 8.78 Å². The number of ketones is 2. The molecule has 2 unspecified atom stereocenters. The van der Waals surface area contributed by atoms with E-state index in [2.05, 4.69) is 0 Å². The van der Waals surface area contributed by atoms with Crippen LogP contribution >= 0.6 is 0 Å². The van der Waals surface area contributed by atoms with Gasteiger partial charge in [0, 0.05) is 35.6 Å². The summed E-state index contributed by atoms with van der Waals surface area (Å²) in [5, 5.41) is 0. The molecule has 0 fully saturated rings. The maximum absolute atomic E-state index is 14.5. The average Bonchev–Trinajstić information content (AvgIpc) is 3.03. The van der Waals surface area contributed by atoms with Crippen LogP contribution in [-0.4, -0.2) is 23.5 Å². The number of carbonyl (C=O) groups excluding carboxylic acids is 4. The number of esters is 2. The van der Waals surface area contributed by atoms with Gasteiger partial charge in [0.15, 0.2) is 11.6 Å².